The second kappa shape index (κ2) is 9.34. The van der Waals surface area contributed by atoms with Crippen LogP contribution in [-0.2, 0) is 11.3 Å². The summed E-state index contributed by atoms with van der Waals surface area (Å²) in [5.74, 6) is 6.06. The maximum Gasteiger partial charge on any atom is 0.130 e. The van der Waals surface area contributed by atoms with Crippen LogP contribution in [0.5, 0.6) is 0 Å². The molecule has 3 atom stereocenters. The monoisotopic (exact) mass is 381 g/mol. The summed E-state index contributed by atoms with van der Waals surface area (Å²) in [7, 11) is 4.02. The number of ether oxygens (including phenoxy) is 1. The smallest absolute Gasteiger partial charge is 0.130 e. The fourth-order valence-electron chi connectivity index (χ4n) is 3.69. The molecule has 1 fully saturated rings. The number of benzene rings is 2. The van der Waals surface area contributed by atoms with Crippen molar-refractivity contribution in [1.29, 1.82) is 0 Å². The Bertz CT molecular complexity index is 810. The van der Waals surface area contributed by atoms with Gasteiger partial charge in [-0.1, -0.05) is 42.2 Å². The van der Waals surface area contributed by atoms with Crippen LogP contribution in [0.1, 0.15) is 30.4 Å². The van der Waals surface area contributed by atoms with Crippen LogP contribution >= 0.6 is 0 Å². The predicted molar refractivity (Wildman–Crippen MR) is 109 cm³/mol. The zero-order valence-corrected chi connectivity index (χ0v) is 16.6. The summed E-state index contributed by atoms with van der Waals surface area (Å²) in [6.45, 7) is 1.20. The summed E-state index contributed by atoms with van der Waals surface area (Å²) in [5.41, 5.74) is 0.847. The van der Waals surface area contributed by atoms with Crippen molar-refractivity contribution in [1.82, 2.24) is 4.90 Å². The van der Waals surface area contributed by atoms with Crippen LogP contribution in [0.3, 0.4) is 0 Å². The highest BCUT2D eigenvalue weighted by atomic mass is 19.1. The van der Waals surface area contributed by atoms with Crippen LogP contribution in [0, 0.1) is 23.6 Å². The van der Waals surface area contributed by atoms with Crippen molar-refractivity contribution in [2.45, 2.75) is 37.6 Å². The van der Waals surface area contributed by atoms with E-state index >= 15 is 0 Å². The minimum absolute atomic E-state index is 0.00526. The van der Waals surface area contributed by atoms with Gasteiger partial charge < -0.3 is 14.7 Å². The molecule has 0 bridgehead atoms. The Labute approximate surface area is 167 Å². The third-order valence-corrected chi connectivity index (χ3v) is 5.25. The maximum absolute atomic E-state index is 13.0. The van der Waals surface area contributed by atoms with Crippen molar-refractivity contribution in [2.75, 3.05) is 20.6 Å². The molecular weight excluding hydrogens is 353 g/mol. The Hall–Kier alpha value is -2.19. The molecule has 3 nitrogen and oxygen atoms in total. The van der Waals surface area contributed by atoms with Crippen molar-refractivity contribution in [3.05, 3.63) is 71.5 Å². The minimum Gasteiger partial charge on any atom is -0.377 e. The third-order valence-electron chi connectivity index (χ3n) is 5.25. The van der Waals surface area contributed by atoms with E-state index < -0.39 is 5.60 Å². The van der Waals surface area contributed by atoms with Crippen molar-refractivity contribution in [3.8, 4) is 11.8 Å². The molecule has 0 saturated heterocycles. The molecule has 0 aromatic heterocycles. The van der Waals surface area contributed by atoms with Crippen molar-refractivity contribution >= 4 is 0 Å². The number of rotatable bonds is 5. The lowest BCUT2D eigenvalue weighted by molar-refractivity contribution is -0.0751. The van der Waals surface area contributed by atoms with Gasteiger partial charge in [-0.2, -0.15) is 0 Å². The SMILES string of the molecule is CN(C)CC1CC(OCc2ccc(F)cc2)CCC1(O)C#Cc1ccccc1. The Balaban J connectivity index is 1.67. The molecule has 0 amide bonds. The van der Waals surface area contributed by atoms with Gasteiger partial charge in [0.25, 0.3) is 0 Å². The van der Waals surface area contributed by atoms with Gasteiger partial charge in [-0.05, 0) is 63.2 Å². The fraction of sp³-hybridized carbons (Fsp3) is 0.417. The molecule has 0 radical (unpaired) electrons. The summed E-state index contributed by atoms with van der Waals surface area (Å²) < 4.78 is 19.1. The highest BCUT2D eigenvalue weighted by Gasteiger charge is 2.41. The first kappa shape index (κ1) is 20.5. The molecule has 1 aliphatic carbocycles. The number of halogens is 1. The van der Waals surface area contributed by atoms with Gasteiger partial charge in [0.1, 0.15) is 11.4 Å². The normalized spacial score (nSPS) is 24.6. The highest BCUT2D eigenvalue weighted by Crippen LogP contribution is 2.36. The molecule has 148 valence electrons. The Morgan fingerprint density at radius 2 is 1.86 bits per heavy atom. The molecule has 3 unspecified atom stereocenters. The van der Waals surface area contributed by atoms with Gasteiger partial charge >= 0.3 is 0 Å². The number of hydrogen-bond acceptors (Lipinski definition) is 3. The maximum atomic E-state index is 13.0. The average Bonchev–Trinajstić information content (AvgIpc) is 2.69. The van der Waals surface area contributed by atoms with E-state index in [1.807, 2.05) is 44.4 Å². The first-order valence-corrected chi connectivity index (χ1v) is 9.76. The number of nitrogens with zero attached hydrogens (tertiary/aromatic N) is 1. The van der Waals surface area contributed by atoms with Gasteiger partial charge in [-0.3, -0.25) is 0 Å². The van der Waals surface area contributed by atoms with Gasteiger partial charge in [0.2, 0.25) is 0 Å². The van der Waals surface area contributed by atoms with Gasteiger partial charge in [-0.25, -0.2) is 4.39 Å². The van der Waals surface area contributed by atoms with Crippen molar-refractivity contribution in [2.24, 2.45) is 5.92 Å². The van der Waals surface area contributed by atoms with Crippen molar-refractivity contribution < 1.29 is 14.2 Å². The molecule has 3 rings (SSSR count). The molecular formula is C24H28FNO2. The molecule has 0 aliphatic heterocycles. The van der Waals surface area contributed by atoms with Crippen LogP contribution in [-0.4, -0.2) is 42.4 Å². The third kappa shape index (κ3) is 5.65. The molecule has 0 spiro atoms. The predicted octanol–water partition coefficient (Wildman–Crippen LogP) is 3.86. The molecule has 1 N–H and O–H groups in total. The fourth-order valence-corrected chi connectivity index (χ4v) is 3.69. The average molecular weight is 381 g/mol. The van der Waals surface area contributed by atoms with Gasteiger partial charge in [0.15, 0.2) is 0 Å². The summed E-state index contributed by atoms with van der Waals surface area (Å²) in [4.78, 5) is 2.09. The van der Waals surface area contributed by atoms with E-state index in [1.165, 1.54) is 12.1 Å². The topological polar surface area (TPSA) is 32.7 Å². The molecule has 2 aromatic rings. The van der Waals surface area contributed by atoms with Crippen molar-refractivity contribution in [3.63, 3.8) is 0 Å². The van der Waals surface area contributed by atoms with Gasteiger partial charge in [0, 0.05) is 18.0 Å². The van der Waals surface area contributed by atoms with Crippen LogP contribution in [0.2, 0.25) is 0 Å². The zero-order valence-electron chi connectivity index (χ0n) is 16.6. The largest absolute Gasteiger partial charge is 0.377 e. The first-order chi connectivity index (χ1) is 13.4. The lowest BCUT2D eigenvalue weighted by atomic mass is 9.74. The van der Waals surface area contributed by atoms with E-state index in [1.54, 1.807) is 12.1 Å². The van der Waals surface area contributed by atoms with Crippen LogP contribution in [0.25, 0.3) is 0 Å². The molecule has 28 heavy (non-hydrogen) atoms. The van der Waals surface area contributed by atoms with E-state index in [0.717, 1.165) is 30.5 Å². The second-order valence-corrected chi connectivity index (χ2v) is 7.83. The Kier molecular flexibility index (Phi) is 6.85. The summed E-state index contributed by atoms with van der Waals surface area (Å²) in [6.07, 6.45) is 2.15. The van der Waals surface area contributed by atoms with Gasteiger partial charge in [0.05, 0.1) is 12.7 Å². The Morgan fingerprint density at radius 3 is 2.54 bits per heavy atom. The summed E-state index contributed by atoms with van der Waals surface area (Å²) in [6, 6.07) is 16.2. The number of aliphatic hydroxyl groups is 1. The van der Waals surface area contributed by atoms with E-state index in [2.05, 4.69) is 16.7 Å². The van der Waals surface area contributed by atoms with E-state index in [0.29, 0.717) is 13.0 Å². The summed E-state index contributed by atoms with van der Waals surface area (Å²) >= 11 is 0. The molecule has 1 saturated carbocycles. The zero-order chi connectivity index (χ0) is 20.0. The first-order valence-electron chi connectivity index (χ1n) is 9.76. The molecule has 0 heterocycles. The second-order valence-electron chi connectivity index (χ2n) is 7.83. The van der Waals surface area contributed by atoms with E-state index in [4.69, 9.17) is 4.74 Å². The minimum atomic E-state index is -1.02. The number of hydrogen-bond donors (Lipinski definition) is 1. The van der Waals surface area contributed by atoms with E-state index in [-0.39, 0.29) is 17.8 Å². The van der Waals surface area contributed by atoms with Gasteiger partial charge in [-0.15, -0.1) is 0 Å². The van der Waals surface area contributed by atoms with E-state index in [9.17, 15) is 9.50 Å². The van der Waals surface area contributed by atoms with Crippen LogP contribution in [0.4, 0.5) is 4.39 Å². The quantitative estimate of drug-likeness (QED) is 0.799. The van der Waals surface area contributed by atoms with Crippen LogP contribution in [0.15, 0.2) is 54.6 Å². The lowest BCUT2D eigenvalue weighted by Gasteiger charge is -2.41. The lowest BCUT2D eigenvalue weighted by Crippen LogP contribution is -2.48. The summed E-state index contributed by atoms with van der Waals surface area (Å²) in [5, 5.41) is 11.3. The Morgan fingerprint density at radius 1 is 1.14 bits per heavy atom. The highest BCUT2D eigenvalue weighted by molar-refractivity contribution is 5.36. The molecule has 2 aromatic carbocycles. The molecule has 1 aliphatic rings. The standard InChI is InChI=1S/C24H28FNO2/c1-26(2)17-21-16-23(28-18-20-8-10-22(25)11-9-20)13-15-24(21,27)14-12-19-6-4-3-5-7-19/h3-11,21,23,27H,13,15-18H2,1-2H3. The molecule has 4 heteroatoms. The van der Waals surface area contributed by atoms with Crippen LogP contribution < -0.4 is 0 Å².